The number of fused-ring (bicyclic) bond motifs is 4. The van der Waals surface area contributed by atoms with Gasteiger partial charge in [-0.3, -0.25) is 9.59 Å². The molecule has 3 fully saturated rings. The summed E-state index contributed by atoms with van der Waals surface area (Å²) in [5.41, 5.74) is 4.91. The van der Waals surface area contributed by atoms with Gasteiger partial charge in [-0.05, 0) is 86.0 Å². The fraction of sp³-hybridized carbons (Fsp3) is 0.548. The van der Waals surface area contributed by atoms with E-state index >= 15 is 0 Å². The van der Waals surface area contributed by atoms with Gasteiger partial charge in [-0.15, -0.1) is 0 Å². The summed E-state index contributed by atoms with van der Waals surface area (Å²) in [7, 11) is 0. The maximum atomic E-state index is 12.6. The molecule has 6 rings (SSSR count). The number of rotatable bonds is 5. The Morgan fingerprint density at radius 3 is 2.57 bits per heavy atom. The van der Waals surface area contributed by atoms with Crippen molar-refractivity contribution in [1.29, 1.82) is 0 Å². The summed E-state index contributed by atoms with van der Waals surface area (Å²) in [6, 6.07) is 8.28. The second-order valence-corrected chi connectivity index (χ2v) is 11.8. The number of carbonyl (C=O) groups excluding carboxylic acids is 2. The summed E-state index contributed by atoms with van der Waals surface area (Å²) in [6.07, 6.45) is 13.3. The lowest BCUT2D eigenvalue weighted by atomic mass is 9.51. The monoisotopic (exact) mass is 472 g/mol. The van der Waals surface area contributed by atoms with Crippen LogP contribution in [0.5, 0.6) is 0 Å². The van der Waals surface area contributed by atoms with Crippen LogP contribution in [0.3, 0.4) is 0 Å². The van der Waals surface area contributed by atoms with Crippen molar-refractivity contribution >= 4 is 11.6 Å². The van der Waals surface area contributed by atoms with Crippen LogP contribution in [0.15, 0.2) is 59.2 Å². The van der Waals surface area contributed by atoms with Gasteiger partial charge in [0.25, 0.3) is 0 Å². The maximum Gasteiger partial charge on any atom is 0.165 e. The summed E-state index contributed by atoms with van der Waals surface area (Å²) in [5, 5.41) is 21.3. The van der Waals surface area contributed by atoms with E-state index in [1.807, 2.05) is 24.3 Å². The summed E-state index contributed by atoms with van der Waals surface area (Å²) >= 11 is 0. The predicted octanol–water partition coefficient (Wildman–Crippen LogP) is 5.46. The molecule has 0 spiro atoms. The zero-order valence-electron chi connectivity index (χ0n) is 20.6. The van der Waals surface area contributed by atoms with Gasteiger partial charge in [-0.25, -0.2) is 0 Å². The van der Waals surface area contributed by atoms with Crippen LogP contribution in [0, 0.1) is 23.2 Å². The lowest BCUT2D eigenvalue weighted by molar-refractivity contribution is -0.114. The second kappa shape index (κ2) is 8.38. The predicted molar refractivity (Wildman–Crippen MR) is 135 cm³/mol. The maximum absolute atomic E-state index is 12.6. The number of hydrogen-bond donors (Lipinski definition) is 2. The van der Waals surface area contributed by atoms with E-state index in [2.05, 4.69) is 19.1 Å². The van der Waals surface area contributed by atoms with Crippen LogP contribution in [-0.4, -0.2) is 34.0 Å². The van der Waals surface area contributed by atoms with Crippen molar-refractivity contribution in [2.75, 3.05) is 6.61 Å². The molecule has 0 radical (unpaired) electrons. The molecule has 5 aliphatic rings. The summed E-state index contributed by atoms with van der Waals surface area (Å²) < 4.78 is 0. The van der Waals surface area contributed by atoms with E-state index in [9.17, 15) is 19.8 Å². The van der Waals surface area contributed by atoms with Gasteiger partial charge < -0.3 is 10.2 Å². The highest BCUT2D eigenvalue weighted by Gasteiger charge is 2.62. The summed E-state index contributed by atoms with van der Waals surface area (Å²) in [4.78, 5) is 24.8. The molecule has 2 N–H and O–H groups in total. The third kappa shape index (κ3) is 3.64. The van der Waals surface area contributed by atoms with Crippen LogP contribution in [0.4, 0.5) is 0 Å². The third-order valence-electron chi connectivity index (χ3n) is 9.99. The minimum atomic E-state index is -0.935. The van der Waals surface area contributed by atoms with Gasteiger partial charge in [0.05, 0.1) is 12.2 Å². The van der Waals surface area contributed by atoms with E-state index in [0.717, 1.165) is 50.5 Å². The van der Waals surface area contributed by atoms with Crippen molar-refractivity contribution in [1.82, 2.24) is 0 Å². The smallest absolute Gasteiger partial charge is 0.165 e. The number of allylic oxidation sites excluding steroid dienone is 4. The van der Waals surface area contributed by atoms with Crippen LogP contribution in [0.2, 0.25) is 0 Å². The molecule has 0 aliphatic heterocycles. The van der Waals surface area contributed by atoms with Gasteiger partial charge in [0, 0.05) is 29.2 Å². The molecular weight excluding hydrogens is 436 g/mol. The number of ketones is 2. The Labute approximate surface area is 207 Å². The van der Waals surface area contributed by atoms with E-state index < -0.39 is 5.60 Å². The van der Waals surface area contributed by atoms with E-state index in [1.54, 1.807) is 6.08 Å². The third-order valence-corrected chi connectivity index (χ3v) is 9.99. The Hall–Kier alpha value is -2.30. The molecule has 1 aromatic rings. The molecule has 4 nitrogen and oxygen atoms in total. The summed E-state index contributed by atoms with van der Waals surface area (Å²) in [5.74, 6) is 1.65. The molecule has 5 atom stereocenters. The van der Waals surface area contributed by atoms with E-state index in [1.165, 1.54) is 22.3 Å². The van der Waals surface area contributed by atoms with Crippen molar-refractivity contribution in [2.45, 2.75) is 76.2 Å². The average molecular weight is 473 g/mol. The first-order chi connectivity index (χ1) is 16.8. The van der Waals surface area contributed by atoms with Gasteiger partial charge in [0.2, 0.25) is 0 Å². The molecule has 184 valence electrons. The number of benzene rings is 1. The topological polar surface area (TPSA) is 74.6 Å². The molecular formula is C31H36O4. The van der Waals surface area contributed by atoms with Crippen molar-refractivity contribution in [3.63, 3.8) is 0 Å². The van der Waals surface area contributed by atoms with Gasteiger partial charge in [0.15, 0.2) is 11.6 Å². The van der Waals surface area contributed by atoms with Crippen LogP contribution in [0.1, 0.15) is 86.6 Å². The molecule has 0 heterocycles. The Balaban J connectivity index is 1.45. The number of aliphatic hydroxyl groups is 2. The van der Waals surface area contributed by atoms with E-state index in [4.69, 9.17) is 0 Å². The number of Topliss-reactive ketones (excluding diaryl/α,β-unsaturated/α-hetero) is 1. The van der Waals surface area contributed by atoms with Gasteiger partial charge >= 0.3 is 0 Å². The molecule has 3 saturated carbocycles. The lowest BCUT2D eigenvalue weighted by Gasteiger charge is -2.54. The number of carbonyl (C=O) groups is 2. The zero-order chi connectivity index (χ0) is 24.4. The molecule has 0 saturated heterocycles. The van der Waals surface area contributed by atoms with Crippen LogP contribution < -0.4 is 0 Å². The molecule has 0 aromatic heterocycles. The van der Waals surface area contributed by atoms with Crippen molar-refractivity contribution in [2.24, 2.45) is 23.2 Å². The highest BCUT2D eigenvalue weighted by molar-refractivity contribution is 5.99. The summed E-state index contributed by atoms with van der Waals surface area (Å²) in [6.45, 7) is 2.19. The van der Waals surface area contributed by atoms with Crippen molar-refractivity contribution < 1.29 is 19.8 Å². The largest absolute Gasteiger partial charge is 0.392 e. The Bertz CT molecular complexity index is 1150. The highest BCUT2D eigenvalue weighted by Crippen LogP contribution is 2.67. The molecule has 5 aliphatic carbocycles. The standard InChI is InChI=1S/C31H36O4/c1-30-18-26(19-3-5-20(6-4-19)29(34)21-7-8-21)28-24-12-10-23(33)17-22(24)9-11-25(28)27(30)13-15-31(30,35)14-2-16-32/h2-6,14,17,21,25-27,32,35H,7-13,15-16,18H2,1H3/b14-2-/t25?,26?,27?,30-,31-/m0/s1. The molecule has 0 amide bonds. The minimum absolute atomic E-state index is 0.0656. The fourth-order valence-electron chi connectivity index (χ4n) is 7.98. The Kier molecular flexibility index (Phi) is 5.54. The lowest BCUT2D eigenvalue weighted by Crippen LogP contribution is -2.50. The molecule has 35 heavy (non-hydrogen) atoms. The van der Waals surface area contributed by atoms with Gasteiger partial charge in [-0.2, -0.15) is 0 Å². The minimum Gasteiger partial charge on any atom is -0.392 e. The number of aliphatic hydroxyl groups excluding tert-OH is 1. The normalized spacial score (nSPS) is 36.6. The SMILES string of the molecule is C[C@]12CC(c3ccc(C(=O)C4CC4)cc3)C3=C4CCC(=O)C=C4CCC3C1CC[C@@]2(O)/C=C\CO. The number of hydrogen-bond acceptors (Lipinski definition) is 4. The Morgan fingerprint density at radius 1 is 1.09 bits per heavy atom. The van der Waals surface area contributed by atoms with Gasteiger partial charge in [-0.1, -0.05) is 48.9 Å². The molecule has 1 aromatic carbocycles. The Morgan fingerprint density at radius 2 is 1.86 bits per heavy atom. The van der Waals surface area contributed by atoms with E-state index in [0.29, 0.717) is 24.7 Å². The first-order valence-electron chi connectivity index (χ1n) is 13.5. The van der Waals surface area contributed by atoms with Gasteiger partial charge in [0.1, 0.15) is 0 Å². The van der Waals surface area contributed by atoms with Crippen LogP contribution in [0.25, 0.3) is 0 Å². The second-order valence-electron chi connectivity index (χ2n) is 11.8. The first kappa shape index (κ1) is 23.1. The molecule has 3 unspecified atom stereocenters. The van der Waals surface area contributed by atoms with Crippen molar-refractivity contribution in [3.05, 3.63) is 70.3 Å². The fourth-order valence-corrected chi connectivity index (χ4v) is 7.98. The van der Waals surface area contributed by atoms with Crippen molar-refractivity contribution in [3.8, 4) is 0 Å². The first-order valence-corrected chi connectivity index (χ1v) is 13.5. The molecule has 0 bridgehead atoms. The average Bonchev–Trinajstić information content (AvgIpc) is 3.67. The quantitative estimate of drug-likeness (QED) is 0.441. The van der Waals surface area contributed by atoms with Crippen LogP contribution >= 0.6 is 0 Å². The molecule has 4 heteroatoms. The van der Waals surface area contributed by atoms with E-state index in [-0.39, 0.29) is 35.4 Å². The van der Waals surface area contributed by atoms with Crippen LogP contribution in [-0.2, 0) is 4.79 Å². The highest BCUT2D eigenvalue weighted by atomic mass is 16.3. The zero-order valence-corrected chi connectivity index (χ0v) is 20.6.